The monoisotopic (exact) mass is 484 g/mol. The lowest BCUT2D eigenvalue weighted by Crippen LogP contribution is -2.51. The molecule has 2 aromatic carbocycles. The number of carbonyl (C=O) groups is 2. The zero-order valence-electron chi connectivity index (χ0n) is 19.7. The summed E-state index contributed by atoms with van der Waals surface area (Å²) in [6, 6.07) is 12.9. The van der Waals surface area contributed by atoms with Crippen LogP contribution in [0.15, 0.2) is 42.5 Å². The summed E-state index contributed by atoms with van der Waals surface area (Å²) < 4.78 is 10.8. The van der Waals surface area contributed by atoms with E-state index in [9.17, 15) is 9.59 Å². The molecular formula is C27H33ClN2O4. The van der Waals surface area contributed by atoms with E-state index in [1.165, 1.54) is 6.42 Å². The van der Waals surface area contributed by atoms with E-state index in [0.29, 0.717) is 36.6 Å². The first-order valence-electron chi connectivity index (χ1n) is 12.3. The average Bonchev–Trinajstić information content (AvgIpc) is 3.32. The van der Waals surface area contributed by atoms with Gasteiger partial charge in [0.25, 0.3) is 0 Å². The number of aryl methyl sites for hydroxylation is 1. The van der Waals surface area contributed by atoms with Crippen molar-refractivity contribution in [3.8, 4) is 11.5 Å². The van der Waals surface area contributed by atoms with Gasteiger partial charge in [-0.05, 0) is 61.1 Å². The van der Waals surface area contributed by atoms with E-state index < -0.39 is 6.04 Å². The number of benzene rings is 2. The smallest absolute Gasteiger partial charge is 0.243 e. The molecule has 0 aromatic heterocycles. The average molecular weight is 485 g/mol. The van der Waals surface area contributed by atoms with Crippen molar-refractivity contribution in [3.63, 3.8) is 0 Å². The van der Waals surface area contributed by atoms with Gasteiger partial charge in [0.15, 0.2) is 11.5 Å². The van der Waals surface area contributed by atoms with Crippen LogP contribution in [0.25, 0.3) is 0 Å². The molecule has 0 unspecified atom stereocenters. The summed E-state index contributed by atoms with van der Waals surface area (Å²) in [6.45, 7) is 2.56. The lowest BCUT2D eigenvalue weighted by molar-refractivity contribution is -0.141. The topological polar surface area (TPSA) is 67.9 Å². The van der Waals surface area contributed by atoms with Gasteiger partial charge in [-0.3, -0.25) is 9.59 Å². The molecule has 2 amide bonds. The maximum absolute atomic E-state index is 13.5. The molecule has 4 rings (SSSR count). The summed E-state index contributed by atoms with van der Waals surface area (Å²) in [5.74, 6) is 1.34. The summed E-state index contributed by atoms with van der Waals surface area (Å²) in [5.41, 5.74) is 1.95. The summed E-state index contributed by atoms with van der Waals surface area (Å²) in [7, 11) is 0. The number of ether oxygens (including phenoxy) is 2. The predicted molar refractivity (Wildman–Crippen MR) is 132 cm³/mol. The van der Waals surface area contributed by atoms with Gasteiger partial charge in [0, 0.05) is 24.0 Å². The number of fused-ring (bicyclic) bond motifs is 1. The Bertz CT molecular complexity index is 989. The van der Waals surface area contributed by atoms with Crippen LogP contribution in [0.2, 0.25) is 5.02 Å². The van der Waals surface area contributed by atoms with Crippen LogP contribution in [0.5, 0.6) is 11.5 Å². The van der Waals surface area contributed by atoms with Gasteiger partial charge in [-0.15, -0.1) is 0 Å². The number of hydrogen-bond acceptors (Lipinski definition) is 4. The summed E-state index contributed by atoms with van der Waals surface area (Å²) in [5, 5.41) is 3.86. The van der Waals surface area contributed by atoms with Crippen LogP contribution in [0, 0.1) is 0 Å². The van der Waals surface area contributed by atoms with Crippen molar-refractivity contribution in [2.75, 3.05) is 6.79 Å². The zero-order chi connectivity index (χ0) is 23.9. The second kappa shape index (κ2) is 11.6. The first kappa shape index (κ1) is 24.4. The number of halogens is 1. The molecule has 1 atom stereocenters. The van der Waals surface area contributed by atoms with Crippen molar-refractivity contribution < 1.29 is 19.1 Å². The van der Waals surface area contributed by atoms with Crippen molar-refractivity contribution in [3.05, 3.63) is 58.6 Å². The standard InChI is InChI=1S/C27H33ClN2O4/c1-2-23(27(32)29-22-6-4-3-5-7-22)30(17-20-8-12-21(28)13-9-20)26(31)15-11-19-10-14-24-25(16-19)34-18-33-24/h8-10,12-14,16,22-23H,2-7,11,15,17-18H2,1H3,(H,29,32)/t23-/m1/s1. The number of hydrogen-bond donors (Lipinski definition) is 1. The van der Waals surface area contributed by atoms with Crippen molar-refractivity contribution in [1.82, 2.24) is 10.2 Å². The highest BCUT2D eigenvalue weighted by Crippen LogP contribution is 2.33. The number of rotatable bonds is 9. The Morgan fingerprint density at radius 2 is 1.74 bits per heavy atom. The first-order valence-corrected chi connectivity index (χ1v) is 12.6. The Balaban J connectivity index is 1.47. The van der Waals surface area contributed by atoms with Gasteiger partial charge in [0.05, 0.1) is 0 Å². The van der Waals surface area contributed by atoms with Crippen LogP contribution in [-0.4, -0.2) is 35.6 Å². The lowest BCUT2D eigenvalue weighted by Gasteiger charge is -2.33. The third-order valence-electron chi connectivity index (χ3n) is 6.67. The molecule has 34 heavy (non-hydrogen) atoms. The van der Waals surface area contributed by atoms with Gasteiger partial charge >= 0.3 is 0 Å². The van der Waals surface area contributed by atoms with Gasteiger partial charge in [-0.25, -0.2) is 0 Å². The maximum atomic E-state index is 13.5. The number of carbonyl (C=O) groups excluding carboxylic acids is 2. The van der Waals surface area contributed by atoms with Crippen molar-refractivity contribution in [1.29, 1.82) is 0 Å². The molecule has 6 nitrogen and oxygen atoms in total. The van der Waals surface area contributed by atoms with E-state index in [-0.39, 0.29) is 24.6 Å². The number of nitrogens with one attached hydrogen (secondary N) is 1. The van der Waals surface area contributed by atoms with E-state index >= 15 is 0 Å². The molecule has 1 N–H and O–H groups in total. The fraction of sp³-hybridized carbons (Fsp3) is 0.481. The van der Waals surface area contributed by atoms with Crippen molar-refractivity contribution in [2.45, 2.75) is 76.9 Å². The largest absolute Gasteiger partial charge is 0.454 e. The molecule has 182 valence electrons. The lowest BCUT2D eigenvalue weighted by atomic mass is 9.95. The van der Waals surface area contributed by atoms with Crippen LogP contribution in [-0.2, 0) is 22.6 Å². The molecule has 0 saturated heterocycles. The number of amides is 2. The van der Waals surface area contributed by atoms with Crippen LogP contribution >= 0.6 is 11.6 Å². The fourth-order valence-electron chi connectivity index (χ4n) is 4.74. The highest BCUT2D eigenvalue weighted by Gasteiger charge is 2.30. The van der Waals surface area contributed by atoms with Crippen molar-refractivity contribution in [2.24, 2.45) is 0 Å². The molecule has 1 aliphatic heterocycles. The molecule has 0 bridgehead atoms. The summed E-state index contributed by atoms with van der Waals surface area (Å²) in [4.78, 5) is 28.5. The third-order valence-corrected chi connectivity index (χ3v) is 6.92. The van der Waals surface area contributed by atoms with Crippen LogP contribution < -0.4 is 14.8 Å². The van der Waals surface area contributed by atoms with Crippen molar-refractivity contribution >= 4 is 23.4 Å². The Morgan fingerprint density at radius 1 is 1.03 bits per heavy atom. The molecule has 2 aromatic rings. The Hall–Kier alpha value is -2.73. The molecule has 7 heteroatoms. The molecule has 0 radical (unpaired) electrons. The molecule has 1 aliphatic carbocycles. The summed E-state index contributed by atoms with van der Waals surface area (Å²) >= 11 is 6.05. The quantitative estimate of drug-likeness (QED) is 0.527. The van der Waals surface area contributed by atoms with Gasteiger partial charge < -0.3 is 19.7 Å². The molecule has 0 spiro atoms. The maximum Gasteiger partial charge on any atom is 0.243 e. The van der Waals surface area contributed by atoms with Crippen LogP contribution in [0.4, 0.5) is 0 Å². The third kappa shape index (κ3) is 6.23. The van der Waals surface area contributed by atoms with E-state index in [1.54, 1.807) is 4.90 Å². The van der Waals surface area contributed by atoms with E-state index in [2.05, 4.69) is 5.32 Å². The Morgan fingerprint density at radius 3 is 2.47 bits per heavy atom. The van der Waals surface area contributed by atoms with Crippen LogP contribution in [0.3, 0.4) is 0 Å². The highest BCUT2D eigenvalue weighted by molar-refractivity contribution is 6.30. The minimum atomic E-state index is -0.512. The Kier molecular flexibility index (Phi) is 8.33. The normalized spacial score (nSPS) is 16.2. The highest BCUT2D eigenvalue weighted by atomic mass is 35.5. The fourth-order valence-corrected chi connectivity index (χ4v) is 4.87. The molecule has 1 fully saturated rings. The van der Waals surface area contributed by atoms with E-state index in [1.807, 2.05) is 49.4 Å². The van der Waals surface area contributed by atoms with Crippen LogP contribution in [0.1, 0.15) is 63.0 Å². The van der Waals surface area contributed by atoms with Gasteiger partial charge in [-0.2, -0.15) is 0 Å². The van der Waals surface area contributed by atoms with E-state index in [4.69, 9.17) is 21.1 Å². The predicted octanol–water partition coefficient (Wildman–Crippen LogP) is 5.26. The zero-order valence-corrected chi connectivity index (χ0v) is 20.5. The second-order valence-corrected chi connectivity index (χ2v) is 9.54. The molecular weight excluding hydrogens is 452 g/mol. The summed E-state index contributed by atoms with van der Waals surface area (Å²) in [6.07, 6.45) is 6.96. The molecule has 1 heterocycles. The van der Waals surface area contributed by atoms with Gasteiger partial charge in [-0.1, -0.05) is 56.0 Å². The molecule has 2 aliphatic rings. The number of nitrogens with zero attached hydrogens (tertiary/aromatic N) is 1. The Labute approximate surface area is 206 Å². The van der Waals surface area contributed by atoms with E-state index in [0.717, 1.165) is 42.6 Å². The first-order chi connectivity index (χ1) is 16.5. The molecule has 1 saturated carbocycles. The minimum absolute atomic E-state index is 0.0433. The van der Waals surface area contributed by atoms with Gasteiger partial charge in [0.1, 0.15) is 6.04 Å². The minimum Gasteiger partial charge on any atom is -0.454 e. The second-order valence-electron chi connectivity index (χ2n) is 9.10. The van der Waals surface area contributed by atoms with Gasteiger partial charge in [0.2, 0.25) is 18.6 Å². The SMILES string of the molecule is CC[C@H](C(=O)NC1CCCCC1)N(Cc1ccc(Cl)cc1)C(=O)CCc1ccc2c(c1)OCO2.